The number of hydrogen-bond acceptors (Lipinski definition) is 2. The Kier molecular flexibility index (Phi) is 6.58. The van der Waals surface area contributed by atoms with Gasteiger partial charge in [0.2, 0.25) is 5.91 Å². The Bertz CT molecular complexity index is 378. The quantitative estimate of drug-likeness (QED) is 0.711. The molecule has 1 aromatic carbocycles. The van der Waals surface area contributed by atoms with Gasteiger partial charge >= 0.3 is 0 Å². The first-order valence-corrected chi connectivity index (χ1v) is 6.72. The molecule has 100 valence electrons. The van der Waals surface area contributed by atoms with E-state index in [9.17, 15) is 4.79 Å². The maximum absolute atomic E-state index is 11.7. The van der Waals surface area contributed by atoms with Crippen molar-refractivity contribution >= 4 is 17.5 Å². The molecule has 0 radical (unpaired) electrons. The molecular formula is C14H20ClNO2. The summed E-state index contributed by atoms with van der Waals surface area (Å²) in [7, 11) is 0. The lowest BCUT2D eigenvalue weighted by molar-refractivity contribution is -0.131. The molecule has 1 amide bonds. The Labute approximate surface area is 114 Å². The molecule has 0 saturated heterocycles. The van der Waals surface area contributed by atoms with Crippen molar-refractivity contribution in [1.82, 2.24) is 4.90 Å². The van der Waals surface area contributed by atoms with Gasteiger partial charge in [-0.2, -0.15) is 0 Å². The second kappa shape index (κ2) is 7.98. The predicted molar refractivity (Wildman–Crippen MR) is 74.1 cm³/mol. The van der Waals surface area contributed by atoms with Gasteiger partial charge in [-0.25, -0.2) is 0 Å². The van der Waals surface area contributed by atoms with Gasteiger partial charge in [0.05, 0.1) is 11.6 Å². The summed E-state index contributed by atoms with van der Waals surface area (Å²) in [6, 6.07) is 7.36. The van der Waals surface area contributed by atoms with Crippen molar-refractivity contribution in [3.8, 4) is 5.75 Å². The number of ether oxygens (including phenoxy) is 1. The third-order valence-electron chi connectivity index (χ3n) is 2.75. The monoisotopic (exact) mass is 269 g/mol. The fraction of sp³-hybridized carbons (Fsp3) is 0.500. The van der Waals surface area contributed by atoms with E-state index in [4.69, 9.17) is 16.3 Å². The van der Waals surface area contributed by atoms with Crippen LogP contribution in [-0.2, 0) is 4.79 Å². The summed E-state index contributed by atoms with van der Waals surface area (Å²) < 4.78 is 5.53. The van der Waals surface area contributed by atoms with E-state index in [-0.39, 0.29) is 5.91 Å². The van der Waals surface area contributed by atoms with Crippen LogP contribution >= 0.6 is 11.6 Å². The topological polar surface area (TPSA) is 29.5 Å². The lowest BCUT2D eigenvalue weighted by Crippen LogP contribution is -2.30. The van der Waals surface area contributed by atoms with Crippen molar-refractivity contribution in [2.24, 2.45) is 0 Å². The average molecular weight is 270 g/mol. The molecule has 18 heavy (non-hydrogen) atoms. The van der Waals surface area contributed by atoms with Crippen LogP contribution in [0.15, 0.2) is 24.3 Å². The molecule has 1 aromatic rings. The standard InChI is InChI=1S/C14H20ClNO2/c1-3-16(4-2)14(17)10-7-11-18-13-9-6-5-8-12(13)15/h5-6,8-9H,3-4,7,10-11H2,1-2H3. The predicted octanol–water partition coefficient (Wildman–Crippen LogP) is 3.37. The third-order valence-corrected chi connectivity index (χ3v) is 3.06. The van der Waals surface area contributed by atoms with Crippen molar-refractivity contribution < 1.29 is 9.53 Å². The maximum Gasteiger partial charge on any atom is 0.222 e. The van der Waals surface area contributed by atoms with Crippen LogP contribution in [0.2, 0.25) is 5.02 Å². The second-order valence-corrected chi connectivity index (χ2v) is 4.36. The fourth-order valence-corrected chi connectivity index (χ4v) is 1.89. The molecule has 0 aromatic heterocycles. The van der Waals surface area contributed by atoms with Gasteiger partial charge in [0, 0.05) is 19.5 Å². The summed E-state index contributed by atoms with van der Waals surface area (Å²) in [5.74, 6) is 0.859. The Morgan fingerprint density at radius 1 is 1.28 bits per heavy atom. The van der Waals surface area contributed by atoms with Gasteiger partial charge < -0.3 is 9.64 Å². The number of nitrogens with zero attached hydrogens (tertiary/aromatic N) is 1. The molecule has 4 heteroatoms. The van der Waals surface area contributed by atoms with Crippen molar-refractivity contribution in [1.29, 1.82) is 0 Å². The molecule has 0 atom stereocenters. The minimum Gasteiger partial charge on any atom is -0.492 e. The molecule has 0 bridgehead atoms. The van der Waals surface area contributed by atoms with Gasteiger partial charge in [-0.05, 0) is 32.4 Å². The molecule has 0 aliphatic heterocycles. The Hall–Kier alpha value is -1.22. The first kappa shape index (κ1) is 14.8. The molecule has 0 N–H and O–H groups in total. The highest BCUT2D eigenvalue weighted by Gasteiger charge is 2.08. The van der Waals surface area contributed by atoms with Gasteiger partial charge in [0.15, 0.2) is 0 Å². The molecular weight excluding hydrogens is 250 g/mol. The van der Waals surface area contributed by atoms with E-state index in [1.165, 1.54) is 0 Å². The fourth-order valence-electron chi connectivity index (χ4n) is 1.70. The van der Waals surface area contributed by atoms with Crippen molar-refractivity contribution in [2.45, 2.75) is 26.7 Å². The molecule has 0 saturated carbocycles. The van der Waals surface area contributed by atoms with E-state index in [2.05, 4.69) is 0 Å². The number of carbonyl (C=O) groups is 1. The first-order valence-electron chi connectivity index (χ1n) is 6.34. The van der Waals surface area contributed by atoms with E-state index >= 15 is 0 Å². The summed E-state index contributed by atoms with van der Waals surface area (Å²) in [6.07, 6.45) is 1.23. The van der Waals surface area contributed by atoms with E-state index in [1.807, 2.05) is 36.9 Å². The molecule has 0 aliphatic rings. The van der Waals surface area contributed by atoms with Crippen LogP contribution in [0.3, 0.4) is 0 Å². The summed E-state index contributed by atoms with van der Waals surface area (Å²) in [6.45, 7) is 6.02. The minimum absolute atomic E-state index is 0.183. The van der Waals surface area contributed by atoms with E-state index in [1.54, 1.807) is 6.07 Å². The zero-order valence-electron chi connectivity index (χ0n) is 11.0. The molecule has 0 spiro atoms. The van der Waals surface area contributed by atoms with E-state index in [0.717, 1.165) is 13.1 Å². The summed E-state index contributed by atoms with van der Waals surface area (Å²) in [5, 5.41) is 0.604. The van der Waals surface area contributed by atoms with Crippen LogP contribution in [0.25, 0.3) is 0 Å². The van der Waals surface area contributed by atoms with Crippen LogP contribution in [-0.4, -0.2) is 30.5 Å². The van der Waals surface area contributed by atoms with Crippen LogP contribution < -0.4 is 4.74 Å². The van der Waals surface area contributed by atoms with Crippen molar-refractivity contribution in [3.63, 3.8) is 0 Å². The van der Waals surface area contributed by atoms with Gasteiger partial charge in [0.1, 0.15) is 5.75 Å². The number of para-hydroxylation sites is 1. The van der Waals surface area contributed by atoms with Gasteiger partial charge in [-0.3, -0.25) is 4.79 Å². The summed E-state index contributed by atoms with van der Waals surface area (Å²) >= 11 is 5.96. The first-order chi connectivity index (χ1) is 8.69. The Morgan fingerprint density at radius 2 is 1.94 bits per heavy atom. The van der Waals surface area contributed by atoms with Gasteiger partial charge in [-0.15, -0.1) is 0 Å². The molecule has 3 nitrogen and oxygen atoms in total. The van der Waals surface area contributed by atoms with Crippen LogP contribution in [0.5, 0.6) is 5.75 Å². The SMILES string of the molecule is CCN(CC)C(=O)CCCOc1ccccc1Cl. The molecule has 0 fully saturated rings. The lowest BCUT2D eigenvalue weighted by atomic mass is 10.3. The molecule has 0 unspecified atom stereocenters. The number of hydrogen-bond donors (Lipinski definition) is 0. The van der Waals surface area contributed by atoms with Crippen LogP contribution in [0.1, 0.15) is 26.7 Å². The largest absolute Gasteiger partial charge is 0.492 e. The number of amides is 1. The normalized spacial score (nSPS) is 10.2. The second-order valence-electron chi connectivity index (χ2n) is 3.95. The van der Waals surface area contributed by atoms with Crippen LogP contribution in [0, 0.1) is 0 Å². The molecule has 0 heterocycles. The Morgan fingerprint density at radius 3 is 2.56 bits per heavy atom. The number of benzene rings is 1. The number of carbonyl (C=O) groups excluding carboxylic acids is 1. The highest BCUT2D eigenvalue weighted by atomic mass is 35.5. The Balaban J connectivity index is 2.27. The molecule has 0 aliphatic carbocycles. The zero-order valence-corrected chi connectivity index (χ0v) is 11.7. The summed E-state index contributed by atoms with van der Waals surface area (Å²) in [4.78, 5) is 13.6. The third kappa shape index (κ3) is 4.57. The smallest absolute Gasteiger partial charge is 0.222 e. The number of halogens is 1. The van der Waals surface area contributed by atoms with Crippen molar-refractivity contribution in [2.75, 3.05) is 19.7 Å². The molecule has 1 rings (SSSR count). The van der Waals surface area contributed by atoms with Crippen molar-refractivity contribution in [3.05, 3.63) is 29.3 Å². The van der Waals surface area contributed by atoms with Gasteiger partial charge in [-0.1, -0.05) is 23.7 Å². The zero-order chi connectivity index (χ0) is 13.4. The highest BCUT2D eigenvalue weighted by Crippen LogP contribution is 2.23. The highest BCUT2D eigenvalue weighted by molar-refractivity contribution is 6.32. The van der Waals surface area contributed by atoms with E-state index in [0.29, 0.717) is 30.2 Å². The van der Waals surface area contributed by atoms with E-state index < -0.39 is 0 Å². The number of rotatable bonds is 7. The van der Waals surface area contributed by atoms with Gasteiger partial charge in [0.25, 0.3) is 0 Å². The lowest BCUT2D eigenvalue weighted by Gasteiger charge is -2.18. The maximum atomic E-state index is 11.7. The minimum atomic E-state index is 0.183. The van der Waals surface area contributed by atoms with Crippen LogP contribution in [0.4, 0.5) is 0 Å². The summed E-state index contributed by atoms with van der Waals surface area (Å²) in [5.41, 5.74) is 0. The average Bonchev–Trinajstić information content (AvgIpc) is 2.38.